The van der Waals surface area contributed by atoms with Crippen LogP contribution in [0.3, 0.4) is 0 Å². The molecule has 1 aliphatic rings. The second-order valence-electron chi connectivity index (χ2n) is 3.63. The van der Waals surface area contributed by atoms with Crippen LogP contribution in [0.25, 0.3) is 0 Å². The Labute approximate surface area is 88.9 Å². The van der Waals surface area contributed by atoms with E-state index in [4.69, 9.17) is 0 Å². The van der Waals surface area contributed by atoms with Gasteiger partial charge in [0.15, 0.2) is 0 Å². The zero-order valence-corrected chi connectivity index (χ0v) is 9.14. The summed E-state index contributed by atoms with van der Waals surface area (Å²) in [6.45, 7) is 2.06. The molecule has 1 atom stereocenters. The maximum atomic E-state index is 11.7. The monoisotopic (exact) mass is 206 g/mol. The molecule has 0 aromatic heterocycles. The second kappa shape index (κ2) is 4.18. The SMILES string of the molecule is CCCC(=O)C1Cc2ccccc2S1. The molecule has 0 fully saturated rings. The summed E-state index contributed by atoms with van der Waals surface area (Å²) < 4.78 is 0. The number of thioether (sulfide) groups is 1. The first-order valence-corrected chi connectivity index (χ1v) is 5.96. The van der Waals surface area contributed by atoms with E-state index < -0.39 is 0 Å². The minimum absolute atomic E-state index is 0.187. The molecular weight excluding hydrogens is 192 g/mol. The molecule has 74 valence electrons. The molecule has 1 aromatic carbocycles. The van der Waals surface area contributed by atoms with Gasteiger partial charge in [0.05, 0.1) is 5.25 Å². The highest BCUT2D eigenvalue weighted by Crippen LogP contribution is 2.37. The highest BCUT2D eigenvalue weighted by Gasteiger charge is 2.26. The first-order valence-electron chi connectivity index (χ1n) is 5.08. The van der Waals surface area contributed by atoms with Crippen molar-refractivity contribution in [2.24, 2.45) is 0 Å². The molecule has 0 spiro atoms. The molecule has 2 rings (SSSR count). The van der Waals surface area contributed by atoms with Crippen molar-refractivity contribution in [3.05, 3.63) is 29.8 Å². The quantitative estimate of drug-likeness (QED) is 0.756. The van der Waals surface area contributed by atoms with Crippen molar-refractivity contribution in [3.63, 3.8) is 0 Å². The van der Waals surface area contributed by atoms with Crippen LogP contribution in [-0.2, 0) is 11.2 Å². The van der Waals surface area contributed by atoms with Gasteiger partial charge >= 0.3 is 0 Å². The number of hydrogen-bond acceptors (Lipinski definition) is 2. The Kier molecular flexibility index (Phi) is 2.92. The normalized spacial score (nSPS) is 19.4. The lowest BCUT2D eigenvalue weighted by atomic mass is 10.1. The number of hydrogen-bond donors (Lipinski definition) is 0. The zero-order valence-electron chi connectivity index (χ0n) is 8.32. The number of ketones is 1. The van der Waals surface area contributed by atoms with Crippen molar-refractivity contribution in [2.75, 3.05) is 0 Å². The summed E-state index contributed by atoms with van der Waals surface area (Å²) in [6.07, 6.45) is 2.62. The van der Waals surface area contributed by atoms with Gasteiger partial charge in [-0.15, -0.1) is 11.8 Å². The predicted octanol–water partition coefficient (Wildman–Crippen LogP) is 3.07. The Hall–Kier alpha value is -0.760. The minimum Gasteiger partial charge on any atom is -0.298 e. The molecule has 2 heteroatoms. The Bertz CT molecular complexity index is 321. The standard InChI is InChI=1S/C12H14OS/c1-2-5-10(13)12-8-9-6-3-4-7-11(9)14-12/h3-4,6-7,12H,2,5,8H2,1H3. The van der Waals surface area contributed by atoms with E-state index in [1.807, 2.05) is 12.1 Å². The zero-order chi connectivity index (χ0) is 9.97. The molecule has 1 nitrogen and oxygen atoms in total. The van der Waals surface area contributed by atoms with Crippen LogP contribution >= 0.6 is 11.8 Å². The highest BCUT2D eigenvalue weighted by atomic mass is 32.2. The van der Waals surface area contributed by atoms with Gasteiger partial charge in [-0.1, -0.05) is 25.1 Å². The minimum atomic E-state index is 0.187. The molecular formula is C12H14OS. The number of fused-ring (bicyclic) bond motifs is 1. The summed E-state index contributed by atoms with van der Waals surface area (Å²) in [5.41, 5.74) is 1.34. The lowest BCUT2D eigenvalue weighted by Crippen LogP contribution is -2.15. The summed E-state index contributed by atoms with van der Waals surface area (Å²) >= 11 is 1.73. The molecule has 14 heavy (non-hydrogen) atoms. The summed E-state index contributed by atoms with van der Waals surface area (Å²) in [7, 11) is 0. The third-order valence-corrected chi connectivity index (χ3v) is 3.87. The van der Waals surface area contributed by atoms with Crippen LogP contribution < -0.4 is 0 Å². The molecule has 0 amide bonds. The number of carbonyl (C=O) groups is 1. The number of carbonyl (C=O) groups excluding carboxylic acids is 1. The van der Waals surface area contributed by atoms with Gasteiger partial charge in [0.1, 0.15) is 5.78 Å². The van der Waals surface area contributed by atoms with E-state index >= 15 is 0 Å². The van der Waals surface area contributed by atoms with Gasteiger partial charge in [-0.05, 0) is 24.5 Å². The van der Waals surface area contributed by atoms with Crippen LogP contribution in [0.1, 0.15) is 25.3 Å². The van der Waals surface area contributed by atoms with E-state index in [1.54, 1.807) is 11.8 Å². The summed E-state index contributed by atoms with van der Waals surface area (Å²) in [5.74, 6) is 0.411. The van der Waals surface area contributed by atoms with Crippen LogP contribution in [-0.4, -0.2) is 11.0 Å². The molecule has 1 aromatic rings. The third-order valence-electron chi connectivity index (χ3n) is 2.50. The van der Waals surface area contributed by atoms with Gasteiger partial charge in [0.25, 0.3) is 0 Å². The molecule has 0 radical (unpaired) electrons. The van der Waals surface area contributed by atoms with Gasteiger partial charge in [0.2, 0.25) is 0 Å². The van der Waals surface area contributed by atoms with Crippen molar-refractivity contribution in [2.45, 2.75) is 36.3 Å². The fraction of sp³-hybridized carbons (Fsp3) is 0.417. The van der Waals surface area contributed by atoms with Crippen molar-refractivity contribution < 1.29 is 4.79 Å². The molecule has 0 saturated heterocycles. The van der Waals surface area contributed by atoms with Crippen LogP contribution in [0, 0.1) is 0 Å². The van der Waals surface area contributed by atoms with E-state index in [2.05, 4.69) is 19.1 Å². The van der Waals surface area contributed by atoms with Gasteiger partial charge in [0, 0.05) is 11.3 Å². The summed E-state index contributed by atoms with van der Waals surface area (Å²) in [4.78, 5) is 13.0. The first kappa shape index (κ1) is 9.78. The number of Topliss-reactive ketones (excluding diaryl/α,β-unsaturated/α-hetero) is 1. The molecule has 0 N–H and O–H groups in total. The average molecular weight is 206 g/mol. The summed E-state index contributed by atoms with van der Waals surface area (Å²) in [6, 6.07) is 8.32. The van der Waals surface area contributed by atoms with Gasteiger partial charge < -0.3 is 0 Å². The first-order chi connectivity index (χ1) is 6.81. The average Bonchev–Trinajstić information content (AvgIpc) is 2.61. The highest BCUT2D eigenvalue weighted by molar-refractivity contribution is 8.01. The van der Waals surface area contributed by atoms with E-state index in [1.165, 1.54) is 10.5 Å². The fourth-order valence-corrected chi connectivity index (χ4v) is 3.05. The summed E-state index contributed by atoms with van der Waals surface area (Å²) in [5, 5.41) is 0.187. The molecule has 0 aliphatic carbocycles. The topological polar surface area (TPSA) is 17.1 Å². The van der Waals surface area contributed by atoms with Crippen molar-refractivity contribution in [1.82, 2.24) is 0 Å². The van der Waals surface area contributed by atoms with Crippen molar-refractivity contribution in [3.8, 4) is 0 Å². The number of rotatable bonds is 3. The van der Waals surface area contributed by atoms with Gasteiger partial charge in [-0.3, -0.25) is 4.79 Å². The lowest BCUT2D eigenvalue weighted by Gasteiger charge is -2.04. The molecule has 1 aliphatic heterocycles. The van der Waals surface area contributed by atoms with Crippen LogP contribution in [0.15, 0.2) is 29.2 Å². The third kappa shape index (κ3) is 1.85. The van der Waals surface area contributed by atoms with E-state index in [-0.39, 0.29) is 5.25 Å². The maximum Gasteiger partial charge on any atom is 0.146 e. The van der Waals surface area contributed by atoms with Crippen LogP contribution in [0.5, 0.6) is 0 Å². The molecule has 1 heterocycles. The largest absolute Gasteiger partial charge is 0.298 e. The molecule has 0 saturated carbocycles. The van der Waals surface area contributed by atoms with Gasteiger partial charge in [-0.2, -0.15) is 0 Å². The van der Waals surface area contributed by atoms with E-state index in [9.17, 15) is 4.79 Å². The van der Waals surface area contributed by atoms with Crippen LogP contribution in [0.4, 0.5) is 0 Å². The molecule has 1 unspecified atom stereocenters. The smallest absolute Gasteiger partial charge is 0.146 e. The molecule has 0 bridgehead atoms. The fourth-order valence-electron chi connectivity index (χ4n) is 1.77. The van der Waals surface area contributed by atoms with Crippen molar-refractivity contribution >= 4 is 17.5 Å². The van der Waals surface area contributed by atoms with Crippen LogP contribution in [0.2, 0.25) is 0 Å². The second-order valence-corrected chi connectivity index (χ2v) is 4.88. The van der Waals surface area contributed by atoms with E-state index in [0.29, 0.717) is 5.78 Å². The number of benzene rings is 1. The van der Waals surface area contributed by atoms with Gasteiger partial charge in [-0.25, -0.2) is 0 Å². The van der Waals surface area contributed by atoms with E-state index in [0.717, 1.165) is 19.3 Å². The Morgan fingerprint density at radius 3 is 3.00 bits per heavy atom. The maximum absolute atomic E-state index is 11.7. The predicted molar refractivity (Wildman–Crippen MR) is 59.7 cm³/mol. The Balaban J connectivity index is 2.08. The Morgan fingerprint density at radius 1 is 1.50 bits per heavy atom. The van der Waals surface area contributed by atoms with Crippen molar-refractivity contribution in [1.29, 1.82) is 0 Å². The Morgan fingerprint density at radius 2 is 2.29 bits per heavy atom. The lowest BCUT2D eigenvalue weighted by molar-refractivity contribution is -0.118.